The van der Waals surface area contributed by atoms with E-state index in [0.29, 0.717) is 24.9 Å². The molecule has 1 saturated heterocycles. The molecule has 1 amide bonds. The fraction of sp³-hybridized carbons (Fsp3) is 0.412. The molecule has 0 bridgehead atoms. The number of benzene rings is 1. The molecule has 1 N–H and O–H groups in total. The van der Waals surface area contributed by atoms with Crippen LogP contribution in [0.1, 0.15) is 5.56 Å². The Morgan fingerprint density at radius 3 is 2.78 bits per heavy atom. The maximum Gasteiger partial charge on any atom is 0.278 e. The highest BCUT2D eigenvalue weighted by molar-refractivity contribution is 6.99. The number of anilines is 2. The first-order valence-electron chi connectivity index (χ1n) is 8.51. The van der Waals surface area contributed by atoms with Crippen LogP contribution in [-0.2, 0) is 9.53 Å². The van der Waals surface area contributed by atoms with Gasteiger partial charge in [-0.3, -0.25) is 4.79 Å². The van der Waals surface area contributed by atoms with E-state index in [1.165, 1.54) is 0 Å². The molecule has 0 radical (unpaired) electrons. The van der Waals surface area contributed by atoms with Crippen molar-refractivity contribution in [2.24, 2.45) is 5.10 Å². The van der Waals surface area contributed by atoms with E-state index in [1.54, 1.807) is 6.21 Å². The number of amides is 1. The zero-order valence-electron chi connectivity index (χ0n) is 15.3. The van der Waals surface area contributed by atoms with Crippen LogP contribution in [0, 0.1) is 0 Å². The van der Waals surface area contributed by atoms with Crippen molar-refractivity contribution in [2.75, 3.05) is 56.8 Å². The number of nitrogens with one attached hydrogen (secondary N) is 1. The summed E-state index contributed by atoms with van der Waals surface area (Å²) in [6.45, 7) is 2.55. The lowest BCUT2D eigenvalue weighted by molar-refractivity contribution is -0.123. The van der Waals surface area contributed by atoms with Crippen molar-refractivity contribution in [3.63, 3.8) is 0 Å². The monoisotopic (exact) mass is 390 g/mol. The molecular weight excluding hydrogens is 368 g/mol. The zero-order valence-corrected chi connectivity index (χ0v) is 16.1. The smallest absolute Gasteiger partial charge is 0.278 e. The second kappa shape index (κ2) is 9.28. The second-order valence-corrected chi connectivity index (χ2v) is 6.59. The van der Waals surface area contributed by atoms with E-state index < -0.39 is 0 Å². The molecule has 9 nitrogen and oxygen atoms in total. The Balaban J connectivity index is 1.47. The Hall–Kier alpha value is -2.72. The minimum atomic E-state index is -0.364. The highest BCUT2D eigenvalue weighted by Gasteiger charge is 2.20. The quantitative estimate of drug-likeness (QED) is 0.556. The van der Waals surface area contributed by atoms with Crippen LogP contribution in [0.4, 0.5) is 11.5 Å². The molecule has 144 valence electrons. The third kappa shape index (κ3) is 5.38. The van der Waals surface area contributed by atoms with Gasteiger partial charge in [-0.2, -0.15) is 9.47 Å². The molecule has 3 rings (SSSR count). The van der Waals surface area contributed by atoms with Gasteiger partial charge in [0.05, 0.1) is 31.2 Å². The molecule has 2 heterocycles. The van der Waals surface area contributed by atoms with Gasteiger partial charge in [0.15, 0.2) is 6.61 Å². The second-order valence-electron chi connectivity index (χ2n) is 6.06. The van der Waals surface area contributed by atoms with E-state index >= 15 is 0 Å². The first-order valence-corrected chi connectivity index (χ1v) is 9.24. The molecule has 27 heavy (non-hydrogen) atoms. The number of carbonyl (C=O) groups is 1. The standard InChI is InChI=1S/C17H22N6O3S/c1-22(2)14-5-3-13(4-6-14)11-18-19-15(24)12-26-17-16(20-27-21-17)23-7-9-25-10-8-23/h3-6,11H,7-10,12H2,1-2H3,(H,19,24). The van der Waals surface area contributed by atoms with Crippen molar-refractivity contribution in [3.8, 4) is 5.88 Å². The van der Waals surface area contributed by atoms with E-state index in [2.05, 4.69) is 19.3 Å². The third-order valence-electron chi connectivity index (χ3n) is 3.91. The van der Waals surface area contributed by atoms with E-state index in [9.17, 15) is 4.79 Å². The Kier molecular flexibility index (Phi) is 6.55. The molecule has 1 aliphatic rings. The first-order chi connectivity index (χ1) is 13.1. The van der Waals surface area contributed by atoms with Crippen LogP contribution >= 0.6 is 11.7 Å². The summed E-state index contributed by atoms with van der Waals surface area (Å²) >= 11 is 1.06. The SMILES string of the molecule is CN(C)c1ccc(C=NNC(=O)COc2nsnc2N2CCOCC2)cc1. The number of rotatable bonds is 7. The summed E-state index contributed by atoms with van der Waals surface area (Å²) in [5, 5.41) is 3.95. The van der Waals surface area contributed by atoms with E-state index in [-0.39, 0.29) is 12.5 Å². The molecular formula is C17H22N6O3S. The maximum atomic E-state index is 11.9. The van der Waals surface area contributed by atoms with Gasteiger partial charge in [-0.15, -0.1) is 4.37 Å². The fourth-order valence-electron chi connectivity index (χ4n) is 2.44. The summed E-state index contributed by atoms with van der Waals surface area (Å²) in [4.78, 5) is 16.0. The predicted molar refractivity (Wildman–Crippen MR) is 105 cm³/mol. The number of hydrogen-bond donors (Lipinski definition) is 1. The number of morpholine rings is 1. The van der Waals surface area contributed by atoms with Crippen LogP contribution in [0.2, 0.25) is 0 Å². The number of hydrogen-bond acceptors (Lipinski definition) is 9. The number of carbonyl (C=O) groups excluding carboxylic acids is 1. The normalized spacial score (nSPS) is 14.4. The van der Waals surface area contributed by atoms with Crippen molar-refractivity contribution in [1.29, 1.82) is 0 Å². The summed E-state index contributed by atoms with van der Waals surface area (Å²) in [6, 6.07) is 7.82. The fourth-order valence-corrected chi connectivity index (χ4v) is 2.96. The summed E-state index contributed by atoms with van der Waals surface area (Å²) < 4.78 is 19.2. The molecule has 1 fully saturated rings. The van der Waals surface area contributed by atoms with Gasteiger partial charge in [0.25, 0.3) is 11.8 Å². The minimum Gasteiger partial charge on any atom is -0.464 e. The van der Waals surface area contributed by atoms with Crippen LogP contribution in [0.5, 0.6) is 5.88 Å². The zero-order chi connectivity index (χ0) is 19.1. The Bertz CT molecular complexity index is 771. The summed E-state index contributed by atoms with van der Waals surface area (Å²) in [7, 11) is 3.96. The molecule has 10 heteroatoms. The minimum absolute atomic E-state index is 0.181. The van der Waals surface area contributed by atoms with Gasteiger partial charge in [-0.25, -0.2) is 5.43 Å². The van der Waals surface area contributed by atoms with Gasteiger partial charge >= 0.3 is 0 Å². The van der Waals surface area contributed by atoms with Crippen LogP contribution in [0.25, 0.3) is 0 Å². The highest BCUT2D eigenvalue weighted by Crippen LogP contribution is 2.26. The molecule has 0 unspecified atom stereocenters. The first kappa shape index (κ1) is 19.1. The average molecular weight is 390 g/mol. The lowest BCUT2D eigenvalue weighted by Gasteiger charge is -2.26. The summed E-state index contributed by atoms with van der Waals surface area (Å²) in [5.74, 6) is 0.651. The van der Waals surface area contributed by atoms with E-state index in [0.717, 1.165) is 36.1 Å². The largest absolute Gasteiger partial charge is 0.464 e. The van der Waals surface area contributed by atoms with Gasteiger partial charge in [0.1, 0.15) is 0 Å². The van der Waals surface area contributed by atoms with E-state index in [4.69, 9.17) is 9.47 Å². The molecule has 2 aromatic rings. The van der Waals surface area contributed by atoms with Gasteiger partial charge in [-0.1, -0.05) is 12.1 Å². The number of ether oxygens (including phenoxy) is 2. The number of aromatic nitrogens is 2. The van der Waals surface area contributed by atoms with Crippen molar-refractivity contribution in [1.82, 2.24) is 14.2 Å². The van der Waals surface area contributed by atoms with Crippen molar-refractivity contribution < 1.29 is 14.3 Å². The molecule has 1 aliphatic heterocycles. The van der Waals surface area contributed by atoms with E-state index in [1.807, 2.05) is 48.2 Å². The molecule has 0 aliphatic carbocycles. The van der Waals surface area contributed by atoms with Crippen LogP contribution in [-0.4, -0.2) is 67.9 Å². The van der Waals surface area contributed by atoms with Gasteiger partial charge < -0.3 is 19.3 Å². The highest BCUT2D eigenvalue weighted by atomic mass is 32.1. The molecule has 0 spiro atoms. The van der Waals surface area contributed by atoms with Crippen LogP contribution in [0.15, 0.2) is 29.4 Å². The van der Waals surface area contributed by atoms with Crippen molar-refractivity contribution >= 4 is 35.4 Å². The van der Waals surface area contributed by atoms with Crippen molar-refractivity contribution in [2.45, 2.75) is 0 Å². The lowest BCUT2D eigenvalue weighted by atomic mass is 10.2. The Morgan fingerprint density at radius 2 is 2.07 bits per heavy atom. The van der Waals surface area contributed by atoms with Gasteiger partial charge in [-0.05, 0) is 17.7 Å². The molecule has 1 aromatic carbocycles. The topological polar surface area (TPSA) is 92.2 Å². The Labute approximate surface area is 161 Å². The maximum absolute atomic E-state index is 11.9. The van der Waals surface area contributed by atoms with Gasteiger partial charge in [0.2, 0.25) is 5.82 Å². The van der Waals surface area contributed by atoms with Crippen LogP contribution < -0.4 is 20.0 Å². The number of hydrazone groups is 1. The lowest BCUT2D eigenvalue weighted by Crippen LogP contribution is -2.36. The predicted octanol–water partition coefficient (Wildman–Crippen LogP) is 0.970. The molecule has 1 aromatic heterocycles. The third-order valence-corrected chi connectivity index (χ3v) is 4.41. The Morgan fingerprint density at radius 1 is 1.33 bits per heavy atom. The molecule has 0 saturated carbocycles. The van der Waals surface area contributed by atoms with Crippen LogP contribution in [0.3, 0.4) is 0 Å². The van der Waals surface area contributed by atoms with Crippen molar-refractivity contribution in [3.05, 3.63) is 29.8 Å². The molecule has 0 atom stereocenters. The summed E-state index contributed by atoms with van der Waals surface area (Å²) in [6.07, 6.45) is 1.58. The van der Waals surface area contributed by atoms with Gasteiger partial charge in [0, 0.05) is 32.9 Å². The average Bonchev–Trinajstić information content (AvgIpc) is 3.16. The summed E-state index contributed by atoms with van der Waals surface area (Å²) in [5.41, 5.74) is 4.43. The number of nitrogens with zero attached hydrogens (tertiary/aromatic N) is 5.